The van der Waals surface area contributed by atoms with Gasteiger partial charge in [0, 0.05) is 18.2 Å². The van der Waals surface area contributed by atoms with Crippen LogP contribution in [0.3, 0.4) is 0 Å². The lowest BCUT2D eigenvalue weighted by atomic mass is 10.1. The van der Waals surface area contributed by atoms with Crippen LogP contribution in [0.15, 0.2) is 18.2 Å². The summed E-state index contributed by atoms with van der Waals surface area (Å²) in [5.41, 5.74) is 0.370. The lowest BCUT2D eigenvalue weighted by Crippen LogP contribution is -2.20. The zero-order valence-corrected chi connectivity index (χ0v) is 9.54. The summed E-state index contributed by atoms with van der Waals surface area (Å²) >= 11 is 0. The summed E-state index contributed by atoms with van der Waals surface area (Å²) in [7, 11) is 0. The summed E-state index contributed by atoms with van der Waals surface area (Å²) in [4.78, 5) is 10.5. The monoisotopic (exact) mass is 243 g/mol. The first-order valence-electron chi connectivity index (χ1n) is 5.38. The number of carboxylic acids is 1. The number of benzene rings is 1. The molecule has 0 aromatic heterocycles. The summed E-state index contributed by atoms with van der Waals surface area (Å²) in [5.74, 6) is -2.48. The standard InChI is InChI=1S/C12H15F2NO2/c1-8(12(16)17)4-5-15-7-9-2-3-10(13)6-11(9)14/h2-3,6,8,15H,4-5,7H2,1H3,(H,16,17). The molecule has 3 nitrogen and oxygen atoms in total. The van der Waals surface area contributed by atoms with Crippen molar-refractivity contribution in [2.24, 2.45) is 5.92 Å². The molecule has 0 spiro atoms. The maximum absolute atomic E-state index is 13.2. The smallest absolute Gasteiger partial charge is 0.306 e. The van der Waals surface area contributed by atoms with Crippen LogP contribution >= 0.6 is 0 Å². The summed E-state index contributed by atoms with van der Waals surface area (Å²) in [5, 5.41) is 11.6. The van der Waals surface area contributed by atoms with E-state index in [2.05, 4.69) is 5.32 Å². The SMILES string of the molecule is CC(CCNCc1ccc(F)cc1F)C(=O)O. The highest BCUT2D eigenvalue weighted by Gasteiger charge is 2.10. The zero-order chi connectivity index (χ0) is 12.8. The quantitative estimate of drug-likeness (QED) is 0.753. The third-order valence-electron chi connectivity index (χ3n) is 2.51. The highest BCUT2D eigenvalue weighted by Crippen LogP contribution is 2.09. The molecule has 0 saturated carbocycles. The third kappa shape index (κ3) is 4.48. The van der Waals surface area contributed by atoms with Crippen molar-refractivity contribution in [2.75, 3.05) is 6.54 Å². The molecule has 0 aliphatic heterocycles. The Morgan fingerprint density at radius 1 is 1.47 bits per heavy atom. The normalized spacial score (nSPS) is 12.4. The molecule has 0 fully saturated rings. The molecule has 0 bridgehead atoms. The molecule has 5 heteroatoms. The summed E-state index contributed by atoms with van der Waals surface area (Å²) in [6.07, 6.45) is 0.470. The summed E-state index contributed by atoms with van der Waals surface area (Å²) in [6.45, 7) is 2.35. The Morgan fingerprint density at radius 3 is 2.76 bits per heavy atom. The van der Waals surface area contributed by atoms with E-state index in [-0.39, 0.29) is 6.54 Å². The Labute approximate surface area is 98.5 Å². The number of carboxylic acid groups (broad SMARTS) is 1. The number of rotatable bonds is 6. The molecule has 0 radical (unpaired) electrons. The van der Waals surface area contributed by atoms with Crippen LogP contribution in [0.2, 0.25) is 0 Å². The molecule has 0 amide bonds. The zero-order valence-electron chi connectivity index (χ0n) is 9.54. The molecule has 0 heterocycles. The number of aliphatic carboxylic acids is 1. The first-order valence-corrected chi connectivity index (χ1v) is 5.38. The van der Waals surface area contributed by atoms with Crippen LogP contribution in [-0.4, -0.2) is 17.6 Å². The average molecular weight is 243 g/mol. The molecular formula is C12H15F2NO2. The van der Waals surface area contributed by atoms with Crippen LogP contribution in [0.5, 0.6) is 0 Å². The summed E-state index contributed by atoms with van der Waals surface area (Å²) < 4.78 is 25.8. The van der Waals surface area contributed by atoms with Gasteiger partial charge < -0.3 is 10.4 Å². The molecule has 17 heavy (non-hydrogen) atoms. The maximum atomic E-state index is 13.2. The van der Waals surface area contributed by atoms with Gasteiger partial charge in [0.1, 0.15) is 11.6 Å². The van der Waals surface area contributed by atoms with Gasteiger partial charge in [-0.2, -0.15) is 0 Å². The van der Waals surface area contributed by atoms with Crippen molar-refractivity contribution in [3.8, 4) is 0 Å². The lowest BCUT2D eigenvalue weighted by Gasteiger charge is -2.08. The van der Waals surface area contributed by atoms with Gasteiger partial charge in [-0.1, -0.05) is 13.0 Å². The molecule has 0 saturated heterocycles. The highest BCUT2D eigenvalue weighted by molar-refractivity contribution is 5.69. The van der Waals surface area contributed by atoms with Crippen LogP contribution in [0.4, 0.5) is 8.78 Å². The molecule has 1 atom stereocenters. The summed E-state index contributed by atoms with van der Waals surface area (Å²) in [6, 6.07) is 3.40. The Kier molecular flexibility index (Phi) is 5.03. The fourth-order valence-corrected chi connectivity index (χ4v) is 1.33. The van der Waals surface area contributed by atoms with Crippen molar-refractivity contribution >= 4 is 5.97 Å². The second-order valence-corrected chi connectivity index (χ2v) is 3.94. The van der Waals surface area contributed by atoms with Gasteiger partial charge in [-0.3, -0.25) is 4.79 Å². The average Bonchev–Trinajstić information content (AvgIpc) is 2.26. The van der Waals surface area contributed by atoms with Gasteiger partial charge in [-0.05, 0) is 19.0 Å². The van der Waals surface area contributed by atoms with Crippen LogP contribution in [0.25, 0.3) is 0 Å². The van der Waals surface area contributed by atoms with Crippen molar-refractivity contribution in [3.63, 3.8) is 0 Å². The van der Waals surface area contributed by atoms with E-state index in [1.54, 1.807) is 6.92 Å². The van der Waals surface area contributed by atoms with Crippen LogP contribution < -0.4 is 5.32 Å². The van der Waals surface area contributed by atoms with E-state index < -0.39 is 23.5 Å². The van der Waals surface area contributed by atoms with E-state index >= 15 is 0 Å². The van der Waals surface area contributed by atoms with Crippen LogP contribution in [-0.2, 0) is 11.3 Å². The van der Waals surface area contributed by atoms with E-state index in [0.717, 1.165) is 6.07 Å². The fraction of sp³-hybridized carbons (Fsp3) is 0.417. The number of hydrogen-bond acceptors (Lipinski definition) is 2. The van der Waals surface area contributed by atoms with Crippen LogP contribution in [0, 0.1) is 17.6 Å². The van der Waals surface area contributed by atoms with Gasteiger partial charge in [0.2, 0.25) is 0 Å². The molecule has 1 unspecified atom stereocenters. The van der Waals surface area contributed by atoms with Crippen molar-refractivity contribution in [1.29, 1.82) is 0 Å². The number of carbonyl (C=O) groups is 1. The van der Waals surface area contributed by atoms with Gasteiger partial charge in [-0.25, -0.2) is 8.78 Å². The van der Waals surface area contributed by atoms with Gasteiger partial charge >= 0.3 is 5.97 Å². The van der Waals surface area contributed by atoms with Gasteiger partial charge in [-0.15, -0.1) is 0 Å². The topological polar surface area (TPSA) is 49.3 Å². The second-order valence-electron chi connectivity index (χ2n) is 3.94. The third-order valence-corrected chi connectivity index (χ3v) is 2.51. The minimum atomic E-state index is -0.847. The minimum absolute atomic E-state index is 0.262. The Morgan fingerprint density at radius 2 is 2.18 bits per heavy atom. The fourth-order valence-electron chi connectivity index (χ4n) is 1.33. The van der Waals surface area contributed by atoms with E-state index in [1.807, 2.05) is 0 Å². The number of halogens is 2. The van der Waals surface area contributed by atoms with Crippen molar-refractivity contribution in [3.05, 3.63) is 35.4 Å². The predicted molar refractivity (Wildman–Crippen MR) is 59.5 cm³/mol. The van der Waals surface area contributed by atoms with Crippen molar-refractivity contribution in [1.82, 2.24) is 5.32 Å². The minimum Gasteiger partial charge on any atom is -0.481 e. The lowest BCUT2D eigenvalue weighted by molar-refractivity contribution is -0.141. The van der Waals surface area contributed by atoms with E-state index in [1.165, 1.54) is 12.1 Å². The molecule has 2 N–H and O–H groups in total. The first kappa shape index (κ1) is 13.6. The second kappa shape index (κ2) is 6.30. The number of hydrogen-bond donors (Lipinski definition) is 2. The van der Waals surface area contributed by atoms with E-state index in [4.69, 9.17) is 5.11 Å². The molecular weight excluding hydrogens is 228 g/mol. The molecule has 94 valence electrons. The predicted octanol–water partition coefficient (Wildman–Crippen LogP) is 2.17. The van der Waals surface area contributed by atoms with Gasteiger partial charge in [0.25, 0.3) is 0 Å². The highest BCUT2D eigenvalue weighted by atomic mass is 19.1. The Balaban J connectivity index is 2.34. The maximum Gasteiger partial charge on any atom is 0.306 e. The van der Waals surface area contributed by atoms with Gasteiger partial charge in [0.05, 0.1) is 5.92 Å². The first-order chi connectivity index (χ1) is 8.00. The molecule has 1 rings (SSSR count). The molecule has 1 aromatic rings. The largest absolute Gasteiger partial charge is 0.481 e. The molecule has 0 aliphatic carbocycles. The van der Waals surface area contributed by atoms with Crippen LogP contribution in [0.1, 0.15) is 18.9 Å². The van der Waals surface area contributed by atoms with E-state index in [0.29, 0.717) is 18.5 Å². The van der Waals surface area contributed by atoms with Crippen molar-refractivity contribution < 1.29 is 18.7 Å². The number of nitrogens with one attached hydrogen (secondary N) is 1. The van der Waals surface area contributed by atoms with Gasteiger partial charge in [0.15, 0.2) is 0 Å². The Hall–Kier alpha value is -1.49. The van der Waals surface area contributed by atoms with Crippen molar-refractivity contribution in [2.45, 2.75) is 19.9 Å². The van der Waals surface area contributed by atoms with E-state index in [9.17, 15) is 13.6 Å². The molecule has 0 aliphatic rings. The molecule has 1 aromatic carbocycles. The Bertz CT molecular complexity index is 396.